The molecule has 8 nitrogen and oxygen atoms in total. The topological polar surface area (TPSA) is 91.3 Å². The van der Waals surface area contributed by atoms with Gasteiger partial charge >= 0.3 is 0 Å². The van der Waals surface area contributed by atoms with Crippen LogP contribution in [0.5, 0.6) is 17.2 Å². The van der Waals surface area contributed by atoms with Crippen molar-refractivity contribution in [3.05, 3.63) is 76.5 Å². The number of thiophene rings is 1. The molecule has 1 aliphatic rings. The lowest BCUT2D eigenvalue weighted by atomic mass is 10.1. The monoisotopic (exact) mass is 544 g/mol. The molecule has 10 heteroatoms. The molecular weight excluding hydrogens is 515 g/mol. The van der Waals surface area contributed by atoms with Gasteiger partial charge in [-0.3, -0.25) is 0 Å². The van der Waals surface area contributed by atoms with Crippen molar-refractivity contribution in [3.8, 4) is 28.5 Å². The number of hydrogen-bond donors (Lipinski definition) is 1. The van der Waals surface area contributed by atoms with Gasteiger partial charge in [0.25, 0.3) is 0 Å². The van der Waals surface area contributed by atoms with Crippen LogP contribution in [-0.4, -0.2) is 44.3 Å². The summed E-state index contributed by atoms with van der Waals surface area (Å²) in [6, 6.07) is 15.9. The molecule has 2 N–H and O–H groups in total. The minimum atomic E-state index is -0.428. The van der Waals surface area contributed by atoms with E-state index in [1.54, 1.807) is 17.4 Å². The van der Waals surface area contributed by atoms with Gasteiger partial charge in [0.15, 0.2) is 5.65 Å². The van der Waals surface area contributed by atoms with Crippen LogP contribution in [0.1, 0.15) is 22.6 Å². The van der Waals surface area contributed by atoms with Crippen LogP contribution in [0.2, 0.25) is 0 Å². The number of ether oxygens (including phenoxy) is 2. The van der Waals surface area contributed by atoms with Crippen molar-refractivity contribution < 1.29 is 13.9 Å². The second kappa shape index (κ2) is 11.0. The van der Waals surface area contributed by atoms with E-state index in [1.807, 2.05) is 48.0 Å². The molecule has 0 atom stereocenters. The van der Waals surface area contributed by atoms with Crippen LogP contribution in [0.4, 0.5) is 10.2 Å². The van der Waals surface area contributed by atoms with Gasteiger partial charge in [-0.1, -0.05) is 0 Å². The van der Waals surface area contributed by atoms with Gasteiger partial charge in [-0.25, -0.2) is 19.0 Å². The Labute approximate surface area is 229 Å². The number of nitrogen functional groups attached to an aromatic ring is 1. The van der Waals surface area contributed by atoms with Crippen molar-refractivity contribution >= 4 is 28.2 Å². The predicted molar refractivity (Wildman–Crippen MR) is 151 cm³/mol. The summed E-state index contributed by atoms with van der Waals surface area (Å²) in [6.45, 7) is 6.31. The third-order valence-corrected chi connectivity index (χ3v) is 7.74. The van der Waals surface area contributed by atoms with Gasteiger partial charge in [-0.2, -0.15) is 5.10 Å². The van der Waals surface area contributed by atoms with Gasteiger partial charge in [0.2, 0.25) is 0 Å². The van der Waals surface area contributed by atoms with Gasteiger partial charge < -0.3 is 20.1 Å². The van der Waals surface area contributed by atoms with E-state index in [4.69, 9.17) is 20.3 Å². The lowest BCUT2D eigenvalue weighted by Gasteiger charge is -2.14. The molecule has 39 heavy (non-hydrogen) atoms. The van der Waals surface area contributed by atoms with E-state index < -0.39 is 5.82 Å². The van der Waals surface area contributed by atoms with E-state index in [2.05, 4.69) is 14.9 Å². The minimum Gasteiger partial charge on any atom is -0.488 e. The Balaban J connectivity index is 1.20. The number of fused-ring (bicyclic) bond motifs is 1. The van der Waals surface area contributed by atoms with E-state index in [0.29, 0.717) is 29.7 Å². The summed E-state index contributed by atoms with van der Waals surface area (Å²) < 4.78 is 28.0. The van der Waals surface area contributed by atoms with E-state index in [0.717, 1.165) is 53.3 Å². The first-order valence-electron chi connectivity index (χ1n) is 13.0. The van der Waals surface area contributed by atoms with E-state index in [-0.39, 0.29) is 0 Å². The third-order valence-electron chi connectivity index (χ3n) is 6.77. The van der Waals surface area contributed by atoms with Crippen LogP contribution in [0.15, 0.2) is 60.9 Å². The summed E-state index contributed by atoms with van der Waals surface area (Å²) in [5, 5.41) is 5.60. The number of rotatable bonds is 9. The molecule has 0 radical (unpaired) electrons. The van der Waals surface area contributed by atoms with Gasteiger partial charge in [-0.05, 0) is 69.3 Å². The Bertz CT molecular complexity index is 1590. The van der Waals surface area contributed by atoms with Crippen LogP contribution >= 0.6 is 11.3 Å². The lowest BCUT2D eigenvalue weighted by Crippen LogP contribution is -2.24. The molecule has 0 saturated carbocycles. The summed E-state index contributed by atoms with van der Waals surface area (Å²) >= 11 is 1.65. The molecule has 5 aromatic rings. The quantitative estimate of drug-likeness (QED) is 0.241. The summed E-state index contributed by atoms with van der Waals surface area (Å²) in [5.74, 6) is 1.30. The standard InChI is InChI=1S/C29H29FN6O2S/c1-19-4-9-25(39-19)17-37-23-14-21(30)15-24(16-23)38-22-7-5-20(6-8-22)27-26-28(31)32-18-33-29(26)36(34-27)13-12-35-10-2-3-11-35/h4-9,14-16,18H,2-3,10-13,17H2,1H3,(H2,31,32,33). The normalized spacial score (nSPS) is 13.8. The van der Waals surface area contributed by atoms with Crippen molar-refractivity contribution in [2.24, 2.45) is 0 Å². The molecule has 0 bridgehead atoms. The third kappa shape index (κ3) is 5.71. The fourth-order valence-corrected chi connectivity index (χ4v) is 5.65. The van der Waals surface area contributed by atoms with Gasteiger partial charge in [0, 0.05) is 40.1 Å². The molecule has 1 saturated heterocycles. The fraction of sp³-hybridized carbons (Fsp3) is 0.276. The molecule has 1 aliphatic heterocycles. The molecule has 4 heterocycles. The zero-order valence-corrected chi connectivity index (χ0v) is 22.5. The first kappa shape index (κ1) is 25.3. The summed E-state index contributed by atoms with van der Waals surface area (Å²) in [4.78, 5) is 13.4. The number of hydrogen-bond acceptors (Lipinski definition) is 8. The van der Waals surface area contributed by atoms with Crippen molar-refractivity contribution in [2.75, 3.05) is 25.4 Å². The van der Waals surface area contributed by atoms with Crippen molar-refractivity contribution in [1.82, 2.24) is 24.6 Å². The fourth-order valence-electron chi connectivity index (χ4n) is 4.84. The SMILES string of the molecule is Cc1ccc(COc2cc(F)cc(Oc3ccc(-c4nn(CCN5CCCC5)c5ncnc(N)c45)cc3)c2)s1. The highest BCUT2D eigenvalue weighted by atomic mass is 32.1. The molecule has 6 rings (SSSR count). The Morgan fingerprint density at radius 1 is 0.949 bits per heavy atom. The Hall–Kier alpha value is -4.02. The number of anilines is 1. The predicted octanol–water partition coefficient (Wildman–Crippen LogP) is 6.05. The first-order chi connectivity index (χ1) is 19.0. The number of aromatic nitrogens is 4. The Morgan fingerprint density at radius 2 is 1.74 bits per heavy atom. The summed E-state index contributed by atoms with van der Waals surface area (Å²) in [6.07, 6.45) is 3.96. The van der Waals surface area contributed by atoms with Crippen LogP contribution in [0.3, 0.4) is 0 Å². The second-order valence-electron chi connectivity index (χ2n) is 9.63. The zero-order chi connectivity index (χ0) is 26.8. The zero-order valence-electron chi connectivity index (χ0n) is 21.6. The highest BCUT2D eigenvalue weighted by Gasteiger charge is 2.19. The van der Waals surface area contributed by atoms with E-state index in [9.17, 15) is 4.39 Å². The van der Waals surface area contributed by atoms with E-state index in [1.165, 1.54) is 36.2 Å². The lowest BCUT2D eigenvalue weighted by molar-refractivity contribution is 0.306. The van der Waals surface area contributed by atoms with Gasteiger partial charge in [0.1, 0.15) is 47.5 Å². The number of nitrogens with zero attached hydrogens (tertiary/aromatic N) is 5. The Morgan fingerprint density at radius 3 is 2.51 bits per heavy atom. The van der Waals surface area contributed by atoms with Gasteiger partial charge in [0.05, 0.1) is 11.9 Å². The molecule has 0 aliphatic carbocycles. The van der Waals surface area contributed by atoms with Gasteiger partial charge in [-0.15, -0.1) is 11.3 Å². The highest BCUT2D eigenvalue weighted by molar-refractivity contribution is 7.11. The molecule has 0 amide bonds. The molecule has 2 aromatic carbocycles. The largest absolute Gasteiger partial charge is 0.488 e. The highest BCUT2D eigenvalue weighted by Crippen LogP contribution is 2.33. The summed E-state index contributed by atoms with van der Waals surface area (Å²) in [5.41, 5.74) is 8.57. The second-order valence-corrected chi connectivity index (χ2v) is 11.0. The molecule has 0 unspecified atom stereocenters. The molecule has 0 spiro atoms. The molecule has 1 fully saturated rings. The van der Waals surface area contributed by atoms with Crippen LogP contribution in [-0.2, 0) is 13.2 Å². The van der Waals surface area contributed by atoms with Crippen molar-refractivity contribution in [3.63, 3.8) is 0 Å². The number of halogens is 1. The minimum absolute atomic E-state index is 0.356. The van der Waals surface area contributed by atoms with Crippen LogP contribution in [0, 0.1) is 12.7 Å². The average Bonchev–Trinajstić information content (AvgIpc) is 3.67. The summed E-state index contributed by atoms with van der Waals surface area (Å²) in [7, 11) is 0. The number of nitrogens with two attached hydrogens (primary N) is 1. The van der Waals surface area contributed by atoms with Crippen molar-refractivity contribution in [2.45, 2.75) is 32.9 Å². The molecule has 3 aromatic heterocycles. The molecular formula is C29H29FN6O2S. The number of aryl methyl sites for hydroxylation is 1. The van der Waals surface area contributed by atoms with Crippen molar-refractivity contribution in [1.29, 1.82) is 0 Å². The van der Waals surface area contributed by atoms with Crippen LogP contribution in [0.25, 0.3) is 22.3 Å². The maximum Gasteiger partial charge on any atom is 0.164 e. The first-order valence-corrected chi connectivity index (χ1v) is 13.8. The Kier molecular flexibility index (Phi) is 7.12. The molecule has 200 valence electrons. The number of benzene rings is 2. The maximum atomic E-state index is 14.3. The smallest absolute Gasteiger partial charge is 0.164 e. The van der Waals surface area contributed by atoms with E-state index >= 15 is 0 Å². The average molecular weight is 545 g/mol. The van der Waals surface area contributed by atoms with Crippen LogP contribution < -0.4 is 15.2 Å². The maximum absolute atomic E-state index is 14.3. The number of likely N-dealkylation sites (tertiary alicyclic amines) is 1.